The van der Waals surface area contributed by atoms with Gasteiger partial charge in [-0.2, -0.15) is 0 Å². The molecular weight excluding hydrogens is 301 g/mol. The summed E-state index contributed by atoms with van der Waals surface area (Å²) in [6.07, 6.45) is 0. The minimum absolute atomic E-state index is 0.366. The van der Waals surface area contributed by atoms with Crippen molar-refractivity contribution in [2.45, 2.75) is 0 Å². The normalized spacial score (nSPS) is 10.2. The molecule has 0 heterocycles. The molecule has 2 rings (SSSR count). The lowest BCUT2D eigenvalue weighted by atomic mass is 10.2. The predicted molar refractivity (Wildman–Crippen MR) is 80.5 cm³/mol. The summed E-state index contributed by atoms with van der Waals surface area (Å²) in [7, 11) is 3.12. The molecule has 0 radical (unpaired) electrons. The molecule has 2 N–H and O–H groups in total. The van der Waals surface area contributed by atoms with E-state index in [0.29, 0.717) is 38.7 Å². The molecule has 2 aromatic rings. The van der Waals surface area contributed by atoms with Crippen LogP contribution >= 0.6 is 23.2 Å². The van der Waals surface area contributed by atoms with Crippen molar-refractivity contribution in [3.05, 3.63) is 40.4 Å². The number of hydrogen-bond acceptors (Lipinski definition) is 4. The third-order valence-corrected chi connectivity index (χ3v) is 3.33. The molecule has 106 valence electrons. The zero-order valence-electron chi connectivity index (χ0n) is 10.9. The van der Waals surface area contributed by atoms with Gasteiger partial charge in [-0.25, -0.2) is 0 Å². The van der Waals surface area contributed by atoms with Crippen LogP contribution in [0.25, 0.3) is 0 Å². The van der Waals surface area contributed by atoms with Gasteiger partial charge in [0.1, 0.15) is 17.2 Å². The van der Waals surface area contributed by atoms with E-state index in [1.807, 2.05) is 0 Å². The number of methoxy groups -OCH3 is 2. The van der Waals surface area contributed by atoms with Crippen molar-refractivity contribution in [3.8, 4) is 23.0 Å². The molecule has 0 unspecified atom stereocenters. The number of halogens is 2. The molecule has 0 atom stereocenters. The van der Waals surface area contributed by atoms with Gasteiger partial charge < -0.3 is 19.9 Å². The second kappa shape index (κ2) is 6.11. The number of hydrogen-bond donors (Lipinski definition) is 1. The van der Waals surface area contributed by atoms with Crippen LogP contribution in [0.5, 0.6) is 23.0 Å². The fourth-order valence-electron chi connectivity index (χ4n) is 1.60. The van der Waals surface area contributed by atoms with Crippen molar-refractivity contribution < 1.29 is 14.2 Å². The summed E-state index contributed by atoms with van der Waals surface area (Å²) < 4.78 is 16.0. The largest absolute Gasteiger partial charge is 0.496 e. The number of benzene rings is 2. The summed E-state index contributed by atoms with van der Waals surface area (Å²) in [4.78, 5) is 0. The quantitative estimate of drug-likeness (QED) is 0.851. The highest BCUT2D eigenvalue weighted by Crippen LogP contribution is 2.37. The summed E-state index contributed by atoms with van der Waals surface area (Å²) in [5, 5.41) is 0.741. The summed E-state index contributed by atoms with van der Waals surface area (Å²) in [5.74, 6) is 2.15. The monoisotopic (exact) mass is 313 g/mol. The molecule has 6 heteroatoms. The lowest BCUT2D eigenvalue weighted by Crippen LogP contribution is -1.94. The number of rotatable bonds is 4. The second-order valence-corrected chi connectivity index (χ2v) is 4.77. The molecule has 0 saturated heterocycles. The predicted octanol–water partition coefficient (Wildman–Crippen LogP) is 4.39. The Hall–Kier alpha value is -1.78. The molecule has 4 nitrogen and oxygen atoms in total. The van der Waals surface area contributed by atoms with Gasteiger partial charge in [-0.1, -0.05) is 23.2 Å². The van der Waals surface area contributed by atoms with Crippen LogP contribution in [0.1, 0.15) is 0 Å². The summed E-state index contributed by atoms with van der Waals surface area (Å²) >= 11 is 11.8. The Morgan fingerprint density at radius 1 is 0.800 bits per heavy atom. The van der Waals surface area contributed by atoms with E-state index in [-0.39, 0.29) is 0 Å². The zero-order valence-corrected chi connectivity index (χ0v) is 12.5. The fraction of sp³-hybridized carbons (Fsp3) is 0.143. The molecule has 2 aromatic carbocycles. The summed E-state index contributed by atoms with van der Waals surface area (Å²) in [6, 6.07) is 8.27. The van der Waals surface area contributed by atoms with Crippen LogP contribution in [0.15, 0.2) is 30.3 Å². The average molecular weight is 314 g/mol. The lowest BCUT2D eigenvalue weighted by Gasteiger charge is -2.12. The van der Waals surface area contributed by atoms with E-state index in [1.54, 1.807) is 38.5 Å². The third kappa shape index (κ3) is 3.21. The molecule has 0 amide bonds. The second-order valence-electron chi connectivity index (χ2n) is 3.95. The maximum Gasteiger partial charge on any atom is 0.151 e. The van der Waals surface area contributed by atoms with Crippen LogP contribution in [0.3, 0.4) is 0 Å². The highest BCUT2D eigenvalue weighted by molar-refractivity contribution is 6.42. The van der Waals surface area contributed by atoms with E-state index >= 15 is 0 Å². The Morgan fingerprint density at radius 2 is 1.30 bits per heavy atom. The Labute approximate surface area is 127 Å². The minimum Gasteiger partial charge on any atom is -0.496 e. The topological polar surface area (TPSA) is 53.7 Å². The first-order valence-corrected chi connectivity index (χ1v) is 6.44. The Kier molecular flexibility index (Phi) is 4.47. The standard InChI is InChI=1S/C14H13Cl2NO3/c1-18-8-3-9(19-2)5-10(4-8)20-14-7-12(16)11(15)6-13(14)17/h3-7H,17H2,1-2H3. The first-order chi connectivity index (χ1) is 9.53. The molecule has 0 saturated carbocycles. The van der Waals surface area contributed by atoms with Crippen molar-refractivity contribution in [1.82, 2.24) is 0 Å². The Balaban J connectivity index is 2.36. The van der Waals surface area contributed by atoms with E-state index in [0.717, 1.165) is 0 Å². The van der Waals surface area contributed by atoms with Crippen LogP contribution in [0, 0.1) is 0 Å². The van der Waals surface area contributed by atoms with Gasteiger partial charge >= 0.3 is 0 Å². The van der Waals surface area contributed by atoms with Crippen LogP contribution in [-0.2, 0) is 0 Å². The molecule has 20 heavy (non-hydrogen) atoms. The van der Waals surface area contributed by atoms with Gasteiger partial charge in [0.05, 0.1) is 30.0 Å². The average Bonchev–Trinajstić information content (AvgIpc) is 2.44. The molecule has 0 aliphatic rings. The molecule has 0 aromatic heterocycles. The van der Waals surface area contributed by atoms with E-state index in [1.165, 1.54) is 6.07 Å². The SMILES string of the molecule is COc1cc(OC)cc(Oc2cc(Cl)c(Cl)cc2N)c1. The molecule has 0 aliphatic carbocycles. The van der Waals surface area contributed by atoms with Gasteiger partial charge in [-0.05, 0) is 6.07 Å². The van der Waals surface area contributed by atoms with E-state index in [4.69, 9.17) is 43.1 Å². The van der Waals surface area contributed by atoms with E-state index < -0.39 is 0 Å². The van der Waals surface area contributed by atoms with Gasteiger partial charge in [0.15, 0.2) is 5.75 Å². The maximum absolute atomic E-state index is 5.95. The van der Waals surface area contributed by atoms with Gasteiger partial charge in [-0.15, -0.1) is 0 Å². The van der Waals surface area contributed by atoms with Gasteiger partial charge in [0.25, 0.3) is 0 Å². The van der Waals surface area contributed by atoms with Crippen LogP contribution in [0.2, 0.25) is 10.0 Å². The fourth-order valence-corrected chi connectivity index (χ4v) is 1.93. The van der Waals surface area contributed by atoms with E-state index in [2.05, 4.69) is 0 Å². The number of nitrogens with two attached hydrogens (primary N) is 1. The minimum atomic E-state index is 0.366. The third-order valence-electron chi connectivity index (χ3n) is 2.61. The van der Waals surface area contributed by atoms with Crippen molar-refractivity contribution in [1.29, 1.82) is 0 Å². The van der Waals surface area contributed by atoms with Crippen LogP contribution in [0.4, 0.5) is 5.69 Å². The number of anilines is 1. The van der Waals surface area contributed by atoms with Crippen LogP contribution in [-0.4, -0.2) is 14.2 Å². The van der Waals surface area contributed by atoms with Crippen molar-refractivity contribution >= 4 is 28.9 Å². The lowest BCUT2D eigenvalue weighted by molar-refractivity contribution is 0.386. The Morgan fingerprint density at radius 3 is 1.85 bits per heavy atom. The first-order valence-electron chi connectivity index (χ1n) is 5.69. The maximum atomic E-state index is 5.95. The van der Waals surface area contributed by atoms with Gasteiger partial charge in [0, 0.05) is 24.3 Å². The molecule has 0 fully saturated rings. The van der Waals surface area contributed by atoms with Gasteiger partial charge in [-0.3, -0.25) is 0 Å². The zero-order chi connectivity index (χ0) is 14.7. The highest BCUT2D eigenvalue weighted by Gasteiger charge is 2.09. The molecule has 0 spiro atoms. The summed E-state index contributed by atoms with van der Waals surface area (Å²) in [6.45, 7) is 0. The Bertz CT molecular complexity index is 610. The van der Waals surface area contributed by atoms with E-state index in [9.17, 15) is 0 Å². The first kappa shape index (κ1) is 14.6. The van der Waals surface area contributed by atoms with Crippen molar-refractivity contribution in [3.63, 3.8) is 0 Å². The van der Waals surface area contributed by atoms with Crippen molar-refractivity contribution in [2.24, 2.45) is 0 Å². The van der Waals surface area contributed by atoms with Crippen LogP contribution < -0.4 is 19.9 Å². The van der Waals surface area contributed by atoms with Gasteiger partial charge in [0.2, 0.25) is 0 Å². The number of nitrogen functional groups attached to an aromatic ring is 1. The number of ether oxygens (including phenoxy) is 3. The molecular formula is C14H13Cl2NO3. The molecule has 0 aliphatic heterocycles. The highest BCUT2D eigenvalue weighted by atomic mass is 35.5. The smallest absolute Gasteiger partial charge is 0.151 e. The van der Waals surface area contributed by atoms with Crippen molar-refractivity contribution in [2.75, 3.05) is 20.0 Å². The summed E-state index contributed by atoms with van der Waals surface area (Å²) in [5.41, 5.74) is 6.24. The molecule has 0 bridgehead atoms.